The van der Waals surface area contributed by atoms with Gasteiger partial charge in [0, 0.05) is 19.2 Å². The molecule has 102 valence electrons. The molecule has 1 saturated carbocycles. The van der Waals surface area contributed by atoms with E-state index in [0.717, 1.165) is 31.7 Å². The molecule has 0 aliphatic heterocycles. The first-order valence-electron chi connectivity index (χ1n) is 7.68. The molecule has 1 N–H and O–H groups in total. The Hall–Kier alpha value is -0.0800. The summed E-state index contributed by atoms with van der Waals surface area (Å²) in [5, 5.41) is 3.64. The molecule has 2 nitrogen and oxygen atoms in total. The summed E-state index contributed by atoms with van der Waals surface area (Å²) in [6, 6.07) is 0.762. The minimum Gasteiger partial charge on any atom is -0.380 e. The SMILES string of the molecule is CCCCOCCNC1CCC(CCC)CC1. The van der Waals surface area contributed by atoms with E-state index >= 15 is 0 Å². The maximum atomic E-state index is 5.56. The van der Waals surface area contributed by atoms with E-state index < -0.39 is 0 Å². The van der Waals surface area contributed by atoms with Gasteiger partial charge in [0.2, 0.25) is 0 Å². The fourth-order valence-corrected chi connectivity index (χ4v) is 2.75. The summed E-state index contributed by atoms with van der Waals surface area (Å²) in [6.45, 7) is 7.36. The molecule has 0 aromatic heterocycles. The third-order valence-electron chi connectivity index (χ3n) is 3.87. The molecule has 0 aromatic carbocycles. The van der Waals surface area contributed by atoms with Crippen molar-refractivity contribution in [2.45, 2.75) is 71.3 Å². The summed E-state index contributed by atoms with van der Waals surface area (Å²) in [6.07, 6.45) is 10.8. The highest BCUT2D eigenvalue weighted by Gasteiger charge is 2.19. The molecule has 0 radical (unpaired) electrons. The van der Waals surface area contributed by atoms with Crippen molar-refractivity contribution in [3.63, 3.8) is 0 Å². The van der Waals surface area contributed by atoms with Crippen LogP contribution in [0.3, 0.4) is 0 Å². The number of rotatable bonds is 9. The zero-order chi connectivity index (χ0) is 12.3. The second-order valence-corrected chi connectivity index (χ2v) is 5.43. The highest BCUT2D eigenvalue weighted by atomic mass is 16.5. The molecule has 0 bridgehead atoms. The average Bonchev–Trinajstić information content (AvgIpc) is 2.36. The zero-order valence-corrected chi connectivity index (χ0v) is 11.8. The largest absolute Gasteiger partial charge is 0.380 e. The summed E-state index contributed by atoms with van der Waals surface area (Å²) in [5.41, 5.74) is 0. The van der Waals surface area contributed by atoms with E-state index in [2.05, 4.69) is 19.2 Å². The Bertz CT molecular complexity index is 164. The van der Waals surface area contributed by atoms with Crippen molar-refractivity contribution in [3.8, 4) is 0 Å². The predicted molar refractivity (Wildman–Crippen MR) is 74.4 cm³/mol. The van der Waals surface area contributed by atoms with E-state index in [9.17, 15) is 0 Å². The molecule has 1 aliphatic rings. The van der Waals surface area contributed by atoms with Crippen molar-refractivity contribution in [1.29, 1.82) is 0 Å². The Balaban J connectivity index is 1.91. The van der Waals surface area contributed by atoms with Gasteiger partial charge in [0.25, 0.3) is 0 Å². The third-order valence-corrected chi connectivity index (χ3v) is 3.87. The molecule has 2 heteroatoms. The molecule has 0 unspecified atom stereocenters. The van der Waals surface area contributed by atoms with E-state index in [1.54, 1.807) is 0 Å². The van der Waals surface area contributed by atoms with Gasteiger partial charge in [-0.25, -0.2) is 0 Å². The lowest BCUT2D eigenvalue weighted by atomic mass is 9.83. The topological polar surface area (TPSA) is 21.3 Å². The quantitative estimate of drug-likeness (QED) is 0.621. The van der Waals surface area contributed by atoms with Gasteiger partial charge in [-0.3, -0.25) is 0 Å². The van der Waals surface area contributed by atoms with E-state index in [-0.39, 0.29) is 0 Å². The van der Waals surface area contributed by atoms with Crippen LogP contribution in [0.15, 0.2) is 0 Å². The molecule has 0 heterocycles. The Morgan fingerprint density at radius 3 is 2.41 bits per heavy atom. The first-order chi connectivity index (χ1) is 8.36. The number of unbranched alkanes of at least 4 members (excludes halogenated alkanes) is 1. The molecule has 0 saturated heterocycles. The normalized spacial score (nSPS) is 25.1. The average molecular weight is 241 g/mol. The Labute approximate surface area is 108 Å². The summed E-state index contributed by atoms with van der Waals surface area (Å²) in [5.74, 6) is 1.01. The molecule has 0 spiro atoms. The van der Waals surface area contributed by atoms with E-state index in [1.807, 2.05) is 0 Å². The van der Waals surface area contributed by atoms with Crippen LogP contribution in [0.25, 0.3) is 0 Å². The van der Waals surface area contributed by atoms with Gasteiger partial charge < -0.3 is 10.1 Å². The summed E-state index contributed by atoms with van der Waals surface area (Å²) in [4.78, 5) is 0. The van der Waals surface area contributed by atoms with Gasteiger partial charge in [-0.1, -0.05) is 33.1 Å². The lowest BCUT2D eigenvalue weighted by Crippen LogP contribution is -2.35. The monoisotopic (exact) mass is 241 g/mol. The van der Waals surface area contributed by atoms with Crippen LogP contribution in [0.2, 0.25) is 0 Å². The van der Waals surface area contributed by atoms with E-state index in [1.165, 1.54) is 51.4 Å². The van der Waals surface area contributed by atoms with Crippen LogP contribution >= 0.6 is 0 Å². The molecule has 17 heavy (non-hydrogen) atoms. The summed E-state index contributed by atoms with van der Waals surface area (Å²) >= 11 is 0. The zero-order valence-electron chi connectivity index (χ0n) is 11.8. The van der Waals surface area contributed by atoms with Crippen LogP contribution in [-0.2, 0) is 4.74 Å². The Morgan fingerprint density at radius 1 is 1.00 bits per heavy atom. The van der Waals surface area contributed by atoms with E-state index in [4.69, 9.17) is 4.74 Å². The molecular formula is C15H31NO. The number of ether oxygens (including phenoxy) is 1. The van der Waals surface area contributed by atoms with Crippen molar-refractivity contribution < 1.29 is 4.74 Å². The molecule has 1 rings (SSSR count). The van der Waals surface area contributed by atoms with Gasteiger partial charge in [-0.2, -0.15) is 0 Å². The van der Waals surface area contributed by atoms with Crippen molar-refractivity contribution in [1.82, 2.24) is 5.32 Å². The van der Waals surface area contributed by atoms with Crippen LogP contribution in [-0.4, -0.2) is 25.8 Å². The summed E-state index contributed by atoms with van der Waals surface area (Å²) in [7, 11) is 0. The van der Waals surface area contributed by atoms with Gasteiger partial charge in [0.1, 0.15) is 0 Å². The van der Waals surface area contributed by atoms with Crippen LogP contribution < -0.4 is 5.32 Å². The number of nitrogens with one attached hydrogen (secondary N) is 1. The highest BCUT2D eigenvalue weighted by Crippen LogP contribution is 2.27. The second kappa shape index (κ2) is 9.90. The molecule has 0 atom stereocenters. The van der Waals surface area contributed by atoms with Crippen molar-refractivity contribution in [3.05, 3.63) is 0 Å². The van der Waals surface area contributed by atoms with Crippen LogP contribution in [0.4, 0.5) is 0 Å². The second-order valence-electron chi connectivity index (χ2n) is 5.43. The Kier molecular flexibility index (Phi) is 8.72. The molecular weight excluding hydrogens is 210 g/mol. The molecule has 1 aliphatic carbocycles. The molecule has 0 amide bonds. The lowest BCUT2D eigenvalue weighted by molar-refractivity contribution is 0.128. The van der Waals surface area contributed by atoms with Gasteiger partial charge in [0.05, 0.1) is 6.61 Å². The van der Waals surface area contributed by atoms with Crippen LogP contribution in [0.5, 0.6) is 0 Å². The number of hydrogen-bond acceptors (Lipinski definition) is 2. The predicted octanol–water partition coefficient (Wildman–Crippen LogP) is 3.75. The fraction of sp³-hybridized carbons (Fsp3) is 1.00. The van der Waals surface area contributed by atoms with Gasteiger partial charge in [-0.15, -0.1) is 0 Å². The van der Waals surface area contributed by atoms with Crippen molar-refractivity contribution in [2.24, 2.45) is 5.92 Å². The van der Waals surface area contributed by atoms with Crippen molar-refractivity contribution in [2.75, 3.05) is 19.8 Å². The minimum atomic E-state index is 0.762. The van der Waals surface area contributed by atoms with Crippen LogP contribution in [0, 0.1) is 5.92 Å². The molecule has 1 fully saturated rings. The summed E-state index contributed by atoms with van der Waals surface area (Å²) < 4.78 is 5.56. The van der Waals surface area contributed by atoms with Gasteiger partial charge in [-0.05, 0) is 38.0 Å². The maximum Gasteiger partial charge on any atom is 0.0590 e. The minimum absolute atomic E-state index is 0.762. The smallest absolute Gasteiger partial charge is 0.0590 e. The maximum absolute atomic E-state index is 5.56. The van der Waals surface area contributed by atoms with E-state index in [0.29, 0.717) is 0 Å². The van der Waals surface area contributed by atoms with Gasteiger partial charge >= 0.3 is 0 Å². The Morgan fingerprint density at radius 2 is 1.76 bits per heavy atom. The first-order valence-corrected chi connectivity index (χ1v) is 7.68. The third kappa shape index (κ3) is 7.05. The number of hydrogen-bond donors (Lipinski definition) is 1. The lowest BCUT2D eigenvalue weighted by Gasteiger charge is -2.29. The van der Waals surface area contributed by atoms with Gasteiger partial charge in [0.15, 0.2) is 0 Å². The highest BCUT2D eigenvalue weighted by molar-refractivity contribution is 4.76. The fourth-order valence-electron chi connectivity index (χ4n) is 2.75. The van der Waals surface area contributed by atoms with Crippen LogP contribution in [0.1, 0.15) is 65.2 Å². The first kappa shape index (κ1) is 15.0. The molecule has 0 aromatic rings. The standard InChI is InChI=1S/C15H31NO/c1-3-5-12-17-13-11-16-15-9-7-14(6-4-2)8-10-15/h14-16H,3-13H2,1-2H3. The van der Waals surface area contributed by atoms with Crippen molar-refractivity contribution >= 4 is 0 Å².